The van der Waals surface area contributed by atoms with Crippen LogP contribution in [0.1, 0.15) is 218 Å². The molecule has 9 heteroatoms. The third kappa shape index (κ3) is 36.0. The van der Waals surface area contributed by atoms with Gasteiger partial charge in [-0.2, -0.15) is 0 Å². The molecule has 0 heterocycles. The van der Waals surface area contributed by atoms with Crippen LogP contribution in [-0.2, 0) is 32.3 Å². The quantitative estimate of drug-likeness (QED) is 0.0385. The minimum absolute atomic E-state index is 0. The van der Waals surface area contributed by atoms with E-state index in [4.69, 9.17) is 9.47 Å². The number of carboxylic acid groups (broad SMARTS) is 2. The Kier molecular flexibility index (Phi) is 38.8. The van der Waals surface area contributed by atoms with E-state index in [0.717, 1.165) is 127 Å². The first kappa shape index (κ1) is 57.8. The Morgan fingerprint density at radius 1 is 0.441 bits per heavy atom. The smallest absolute Gasteiger partial charge is 0.550 e. The van der Waals surface area contributed by atoms with Crippen LogP contribution in [0.2, 0.25) is 0 Å². The molecule has 0 aliphatic carbocycles. The van der Waals surface area contributed by atoms with E-state index >= 15 is 0 Å². The topological polar surface area (TPSA) is 139 Å². The number of hydrogen-bond donors (Lipinski definition) is 2. The molecule has 8 nitrogen and oxygen atoms in total. The minimum atomic E-state index is -1.02. The summed E-state index contributed by atoms with van der Waals surface area (Å²) in [6.45, 7) is 5.30. The second kappa shape index (κ2) is 39.6. The number of rotatable bonds is 38. The molecule has 2 N–H and O–H groups in total. The zero-order valence-corrected chi connectivity index (χ0v) is 41.9. The fourth-order valence-corrected chi connectivity index (χ4v) is 7.24. The fraction of sp³-hybridized carbons (Fsp3) is 0.720. The average Bonchev–Trinajstić information content (AvgIpc) is 3.22. The van der Waals surface area contributed by atoms with Gasteiger partial charge in [0.05, 0.1) is 13.2 Å². The number of hydrogen-bond acceptors (Lipinski definition) is 8. The van der Waals surface area contributed by atoms with Crippen molar-refractivity contribution < 1.29 is 39.5 Å². The van der Waals surface area contributed by atoms with Gasteiger partial charge in [-0.15, -0.1) is 0 Å². The molecule has 0 aromatic heterocycles. The van der Waals surface area contributed by atoms with Gasteiger partial charge in [-0.1, -0.05) is 190 Å². The Morgan fingerprint density at radius 2 is 0.695 bits per heavy atom. The summed E-state index contributed by atoms with van der Waals surface area (Å²) in [5.41, 5.74) is 2.19. The van der Waals surface area contributed by atoms with Crippen molar-refractivity contribution in [3.63, 3.8) is 0 Å². The molecule has 0 radical (unpaired) electrons. The molecule has 0 spiro atoms. The number of ether oxygens (including phenoxy) is 2. The summed E-state index contributed by atoms with van der Waals surface area (Å²) in [5, 5.41) is 42.8. The van der Waals surface area contributed by atoms with Crippen molar-refractivity contribution in [1.82, 2.24) is 0 Å². The van der Waals surface area contributed by atoms with Crippen LogP contribution in [0.4, 0.5) is 0 Å². The third-order valence-corrected chi connectivity index (χ3v) is 10.9. The molecule has 59 heavy (non-hydrogen) atoms. The minimum Gasteiger partial charge on any atom is -0.550 e. The number of carboxylic acids is 2. The van der Waals surface area contributed by atoms with Crippen molar-refractivity contribution in [2.45, 2.75) is 231 Å². The summed E-state index contributed by atoms with van der Waals surface area (Å²) in [7, 11) is 0. The standard InChI is InChI=1S/2C25H42O4.Ba/c2*1-2-3-4-15-20-25(28,29-22-23-17-12-11-13-18-23)21-16-10-8-6-5-7-9-14-19-24(26)27;/h2*11-13,17-18,28H,2-10,14-16,19-22H2,1H3,(H,26,27);/q;;+2/p-2. The molecule has 0 fully saturated rings. The van der Waals surface area contributed by atoms with Crippen molar-refractivity contribution in [2.24, 2.45) is 0 Å². The van der Waals surface area contributed by atoms with Gasteiger partial charge in [0.15, 0.2) is 11.6 Å². The SMILES string of the molecule is CCCCCCC(O)(CCCCCCCCCCC(=O)[O-])OCc1ccccc1.CCCCCCC(O)(CCCCCCCCCCC(=O)[O-])OCc1ccccc1.[Ba+2]. The van der Waals surface area contributed by atoms with Crippen LogP contribution in [-0.4, -0.2) is 82.6 Å². The molecule has 2 atom stereocenters. The molecule has 2 aromatic rings. The van der Waals surface area contributed by atoms with Gasteiger partial charge in [0.1, 0.15) is 0 Å². The summed E-state index contributed by atoms with van der Waals surface area (Å²) in [4.78, 5) is 20.7. The van der Waals surface area contributed by atoms with E-state index in [1.54, 1.807) is 0 Å². The van der Waals surface area contributed by atoms with E-state index in [-0.39, 0.29) is 61.7 Å². The summed E-state index contributed by atoms with van der Waals surface area (Å²) < 4.78 is 12.0. The van der Waals surface area contributed by atoms with Crippen LogP contribution < -0.4 is 10.2 Å². The number of aliphatic hydroxyl groups is 2. The maximum absolute atomic E-state index is 11.0. The molecule has 2 unspecified atom stereocenters. The van der Waals surface area contributed by atoms with E-state index in [9.17, 15) is 30.0 Å². The predicted octanol–water partition coefficient (Wildman–Crippen LogP) is 10.6. The number of benzene rings is 2. The monoisotopic (exact) mass is 949 g/mol. The number of aliphatic carboxylic acids is 2. The van der Waals surface area contributed by atoms with Gasteiger partial charge in [-0.3, -0.25) is 0 Å². The Labute approximate surface area is 400 Å². The van der Waals surface area contributed by atoms with E-state index < -0.39 is 23.5 Å². The molecular formula is C50H82BaO8. The summed E-state index contributed by atoms with van der Waals surface area (Å²) in [6, 6.07) is 20.1. The normalized spacial score (nSPS) is 13.1. The van der Waals surface area contributed by atoms with Crippen molar-refractivity contribution in [3.05, 3.63) is 71.8 Å². The molecule has 0 saturated heterocycles. The average molecular weight is 949 g/mol. The molecular weight excluding hydrogens is 866 g/mol. The Bertz CT molecular complexity index is 1140. The zero-order valence-electron chi connectivity index (χ0n) is 37.5. The Morgan fingerprint density at radius 3 is 0.966 bits per heavy atom. The van der Waals surface area contributed by atoms with Gasteiger partial charge in [0.25, 0.3) is 0 Å². The summed E-state index contributed by atoms with van der Waals surface area (Å²) >= 11 is 0. The maximum atomic E-state index is 11.0. The molecule has 0 bridgehead atoms. The first-order chi connectivity index (χ1) is 28.1. The second-order valence-corrected chi connectivity index (χ2v) is 16.5. The summed E-state index contributed by atoms with van der Waals surface area (Å²) in [6.07, 6.45) is 29.0. The van der Waals surface area contributed by atoms with Crippen molar-refractivity contribution in [2.75, 3.05) is 0 Å². The molecule has 332 valence electrons. The molecule has 0 aliphatic rings. The van der Waals surface area contributed by atoms with E-state index in [0.29, 0.717) is 38.9 Å². The van der Waals surface area contributed by atoms with Crippen LogP contribution in [0.15, 0.2) is 60.7 Å². The fourth-order valence-electron chi connectivity index (χ4n) is 7.24. The molecule has 2 rings (SSSR count). The van der Waals surface area contributed by atoms with Gasteiger partial charge in [0.2, 0.25) is 0 Å². The van der Waals surface area contributed by atoms with Crippen LogP contribution in [0.3, 0.4) is 0 Å². The molecule has 0 aliphatic heterocycles. The Hall–Kier alpha value is -1.21. The molecule has 2 aromatic carbocycles. The van der Waals surface area contributed by atoms with Gasteiger partial charge in [0, 0.05) is 37.6 Å². The zero-order chi connectivity index (χ0) is 42.4. The van der Waals surface area contributed by atoms with Gasteiger partial charge in [-0.05, 0) is 62.5 Å². The van der Waals surface area contributed by atoms with Crippen LogP contribution >= 0.6 is 0 Å². The van der Waals surface area contributed by atoms with Gasteiger partial charge >= 0.3 is 48.9 Å². The number of unbranched alkanes of at least 4 members (excludes halogenated alkanes) is 20. The largest absolute Gasteiger partial charge is 2.00 e. The summed E-state index contributed by atoms with van der Waals surface area (Å²) in [5.74, 6) is -3.92. The maximum Gasteiger partial charge on any atom is 2.00 e. The molecule has 0 saturated carbocycles. The van der Waals surface area contributed by atoms with Crippen molar-refractivity contribution >= 4 is 60.8 Å². The second-order valence-electron chi connectivity index (χ2n) is 16.5. The predicted molar refractivity (Wildman–Crippen MR) is 238 cm³/mol. The van der Waals surface area contributed by atoms with Crippen LogP contribution in [0.5, 0.6) is 0 Å². The first-order valence-corrected chi connectivity index (χ1v) is 23.3. The first-order valence-electron chi connectivity index (χ1n) is 23.3. The van der Waals surface area contributed by atoms with Crippen LogP contribution in [0, 0.1) is 0 Å². The third-order valence-electron chi connectivity index (χ3n) is 10.9. The van der Waals surface area contributed by atoms with Crippen LogP contribution in [0.25, 0.3) is 0 Å². The number of carbonyl (C=O) groups excluding carboxylic acids is 2. The van der Waals surface area contributed by atoms with Crippen molar-refractivity contribution in [3.8, 4) is 0 Å². The van der Waals surface area contributed by atoms with Crippen molar-refractivity contribution in [1.29, 1.82) is 0 Å². The van der Waals surface area contributed by atoms with E-state index in [2.05, 4.69) is 13.8 Å². The van der Waals surface area contributed by atoms with Gasteiger partial charge < -0.3 is 39.5 Å². The molecule has 0 amide bonds. The number of carbonyl (C=O) groups is 2. The van der Waals surface area contributed by atoms with E-state index in [1.165, 1.54) is 38.5 Å². The van der Waals surface area contributed by atoms with E-state index in [1.807, 2.05) is 60.7 Å². The van der Waals surface area contributed by atoms with Gasteiger partial charge in [-0.25, -0.2) is 0 Å². The Balaban J connectivity index is 0.00000112.